The zero-order valence-corrected chi connectivity index (χ0v) is 11.2. The predicted molar refractivity (Wildman–Crippen MR) is 68.9 cm³/mol. The predicted octanol–water partition coefficient (Wildman–Crippen LogP) is 1.88. The van der Waals surface area contributed by atoms with E-state index < -0.39 is 0 Å². The van der Waals surface area contributed by atoms with E-state index in [0.29, 0.717) is 0 Å². The van der Waals surface area contributed by atoms with Crippen molar-refractivity contribution in [1.82, 2.24) is 10.2 Å². The Labute approximate surface area is 101 Å². The second-order valence-corrected chi connectivity index (χ2v) is 5.27. The van der Waals surface area contributed by atoms with Gasteiger partial charge in [-0.05, 0) is 46.3 Å². The molecular weight excluding hydrogens is 200 g/mol. The van der Waals surface area contributed by atoms with Crippen molar-refractivity contribution in [3.8, 4) is 0 Å². The fourth-order valence-electron chi connectivity index (χ4n) is 2.21. The topological polar surface area (TPSA) is 24.5 Å². The van der Waals surface area contributed by atoms with Gasteiger partial charge in [0.2, 0.25) is 0 Å². The molecule has 0 radical (unpaired) electrons. The Morgan fingerprint density at radius 1 is 1.25 bits per heavy atom. The van der Waals surface area contributed by atoms with Gasteiger partial charge in [0.25, 0.3) is 0 Å². The van der Waals surface area contributed by atoms with E-state index in [-0.39, 0.29) is 5.54 Å². The van der Waals surface area contributed by atoms with Crippen LogP contribution in [0.1, 0.15) is 40.0 Å². The smallest absolute Gasteiger partial charge is 0.0645 e. The number of morpholine rings is 1. The first kappa shape index (κ1) is 13.9. The molecule has 0 atom stereocenters. The maximum atomic E-state index is 5.52. The molecule has 0 spiro atoms. The summed E-state index contributed by atoms with van der Waals surface area (Å²) in [5.41, 5.74) is 0.236. The number of hydrogen-bond acceptors (Lipinski definition) is 3. The van der Waals surface area contributed by atoms with E-state index in [2.05, 4.69) is 31.0 Å². The number of rotatable bonds is 7. The number of ether oxygens (including phenoxy) is 1. The van der Waals surface area contributed by atoms with Gasteiger partial charge in [-0.15, -0.1) is 0 Å². The first-order valence-corrected chi connectivity index (χ1v) is 6.70. The van der Waals surface area contributed by atoms with Crippen LogP contribution < -0.4 is 5.32 Å². The minimum atomic E-state index is 0.236. The molecule has 0 aromatic heterocycles. The van der Waals surface area contributed by atoms with E-state index in [9.17, 15) is 0 Å². The Morgan fingerprint density at radius 2 is 2.06 bits per heavy atom. The standard InChI is InChI=1S/C13H28N2O/c1-4-14-8-6-5-7-9-15-10-11-16-12-13(15,2)3/h14H,4-12H2,1-3H3. The van der Waals surface area contributed by atoms with Crippen molar-refractivity contribution in [3.63, 3.8) is 0 Å². The highest BCUT2D eigenvalue weighted by Gasteiger charge is 2.29. The van der Waals surface area contributed by atoms with E-state index in [1.165, 1.54) is 32.4 Å². The van der Waals surface area contributed by atoms with Gasteiger partial charge in [0, 0.05) is 12.1 Å². The molecule has 96 valence electrons. The van der Waals surface area contributed by atoms with Crippen molar-refractivity contribution in [2.45, 2.75) is 45.6 Å². The second kappa shape index (κ2) is 7.25. The van der Waals surface area contributed by atoms with Crippen molar-refractivity contribution in [2.75, 3.05) is 39.4 Å². The van der Waals surface area contributed by atoms with Gasteiger partial charge in [0.1, 0.15) is 0 Å². The lowest BCUT2D eigenvalue weighted by Crippen LogP contribution is -2.53. The van der Waals surface area contributed by atoms with Crippen molar-refractivity contribution in [2.24, 2.45) is 0 Å². The minimum absolute atomic E-state index is 0.236. The molecule has 1 heterocycles. The highest BCUT2D eigenvalue weighted by molar-refractivity contribution is 4.84. The van der Waals surface area contributed by atoms with Crippen LogP contribution in [0.4, 0.5) is 0 Å². The van der Waals surface area contributed by atoms with Crippen molar-refractivity contribution >= 4 is 0 Å². The van der Waals surface area contributed by atoms with Gasteiger partial charge >= 0.3 is 0 Å². The number of hydrogen-bond donors (Lipinski definition) is 1. The van der Waals surface area contributed by atoms with Gasteiger partial charge in [0.15, 0.2) is 0 Å². The van der Waals surface area contributed by atoms with Crippen LogP contribution >= 0.6 is 0 Å². The summed E-state index contributed by atoms with van der Waals surface area (Å²) < 4.78 is 5.52. The summed E-state index contributed by atoms with van der Waals surface area (Å²) in [5.74, 6) is 0. The van der Waals surface area contributed by atoms with Crippen LogP contribution in [-0.2, 0) is 4.74 Å². The lowest BCUT2D eigenvalue weighted by Gasteiger charge is -2.42. The molecule has 0 aliphatic carbocycles. The van der Waals surface area contributed by atoms with Crippen LogP contribution in [0.25, 0.3) is 0 Å². The maximum Gasteiger partial charge on any atom is 0.0645 e. The van der Waals surface area contributed by atoms with E-state index >= 15 is 0 Å². The van der Waals surface area contributed by atoms with Crippen LogP contribution in [0.15, 0.2) is 0 Å². The van der Waals surface area contributed by atoms with E-state index in [0.717, 1.165) is 26.3 Å². The molecule has 1 aliphatic rings. The molecule has 3 heteroatoms. The third-order valence-corrected chi connectivity index (χ3v) is 3.35. The summed E-state index contributed by atoms with van der Waals surface area (Å²) in [7, 11) is 0. The van der Waals surface area contributed by atoms with Gasteiger partial charge in [0.05, 0.1) is 13.2 Å². The first-order chi connectivity index (χ1) is 7.67. The molecule has 1 aliphatic heterocycles. The fraction of sp³-hybridized carbons (Fsp3) is 1.00. The van der Waals surface area contributed by atoms with Crippen molar-refractivity contribution < 1.29 is 4.74 Å². The largest absolute Gasteiger partial charge is 0.378 e. The molecule has 0 unspecified atom stereocenters. The van der Waals surface area contributed by atoms with Crippen LogP contribution in [-0.4, -0.2) is 49.8 Å². The Kier molecular flexibility index (Phi) is 6.32. The highest BCUT2D eigenvalue weighted by Crippen LogP contribution is 2.19. The monoisotopic (exact) mass is 228 g/mol. The lowest BCUT2D eigenvalue weighted by molar-refractivity contribution is -0.0513. The summed E-state index contributed by atoms with van der Waals surface area (Å²) in [4.78, 5) is 2.57. The van der Waals surface area contributed by atoms with Crippen LogP contribution in [0.2, 0.25) is 0 Å². The number of nitrogens with zero attached hydrogens (tertiary/aromatic N) is 1. The Hall–Kier alpha value is -0.120. The molecule has 16 heavy (non-hydrogen) atoms. The summed E-state index contributed by atoms with van der Waals surface area (Å²) in [6.45, 7) is 13.1. The number of unbranched alkanes of at least 4 members (excludes halogenated alkanes) is 2. The molecule has 0 aromatic rings. The summed E-state index contributed by atoms with van der Waals surface area (Å²) >= 11 is 0. The Bertz CT molecular complexity index is 183. The molecule has 0 aromatic carbocycles. The quantitative estimate of drug-likeness (QED) is 0.673. The molecule has 1 fully saturated rings. The number of nitrogens with one attached hydrogen (secondary N) is 1. The van der Waals surface area contributed by atoms with E-state index in [4.69, 9.17) is 4.74 Å². The molecule has 1 rings (SSSR count). The fourth-order valence-corrected chi connectivity index (χ4v) is 2.21. The summed E-state index contributed by atoms with van der Waals surface area (Å²) in [5, 5.41) is 3.37. The summed E-state index contributed by atoms with van der Waals surface area (Å²) in [6.07, 6.45) is 3.95. The molecule has 0 bridgehead atoms. The zero-order valence-electron chi connectivity index (χ0n) is 11.2. The van der Waals surface area contributed by atoms with E-state index in [1.54, 1.807) is 0 Å². The second-order valence-electron chi connectivity index (χ2n) is 5.27. The van der Waals surface area contributed by atoms with Crippen LogP contribution in [0, 0.1) is 0 Å². The minimum Gasteiger partial charge on any atom is -0.378 e. The van der Waals surface area contributed by atoms with Gasteiger partial charge in [-0.1, -0.05) is 13.3 Å². The third-order valence-electron chi connectivity index (χ3n) is 3.35. The van der Waals surface area contributed by atoms with Gasteiger partial charge in [-0.25, -0.2) is 0 Å². The lowest BCUT2D eigenvalue weighted by atomic mass is 10.0. The third kappa shape index (κ3) is 4.81. The average Bonchev–Trinajstić information content (AvgIpc) is 2.25. The Morgan fingerprint density at radius 3 is 2.75 bits per heavy atom. The van der Waals surface area contributed by atoms with Crippen LogP contribution in [0.5, 0.6) is 0 Å². The molecule has 0 saturated carbocycles. The van der Waals surface area contributed by atoms with E-state index in [1.807, 2.05) is 0 Å². The molecule has 0 amide bonds. The summed E-state index contributed by atoms with van der Waals surface area (Å²) in [6, 6.07) is 0. The molecule has 1 N–H and O–H groups in total. The Balaban J connectivity index is 2.07. The van der Waals surface area contributed by atoms with Crippen molar-refractivity contribution in [1.29, 1.82) is 0 Å². The molecular formula is C13H28N2O. The van der Waals surface area contributed by atoms with Crippen molar-refractivity contribution in [3.05, 3.63) is 0 Å². The van der Waals surface area contributed by atoms with Gasteiger partial charge in [-0.3, -0.25) is 4.90 Å². The maximum absolute atomic E-state index is 5.52. The SMILES string of the molecule is CCNCCCCCN1CCOCC1(C)C. The van der Waals surface area contributed by atoms with Gasteiger partial charge in [-0.2, -0.15) is 0 Å². The zero-order chi connectivity index (χ0) is 11.9. The normalized spacial score (nSPS) is 21.2. The highest BCUT2D eigenvalue weighted by atomic mass is 16.5. The molecule has 1 saturated heterocycles. The molecule has 3 nitrogen and oxygen atoms in total. The average molecular weight is 228 g/mol. The van der Waals surface area contributed by atoms with Gasteiger partial charge < -0.3 is 10.1 Å². The first-order valence-electron chi connectivity index (χ1n) is 6.70. The van der Waals surface area contributed by atoms with Crippen LogP contribution in [0.3, 0.4) is 0 Å².